The first-order valence-electron chi connectivity index (χ1n) is 4.05. The van der Waals surface area contributed by atoms with E-state index in [9.17, 15) is 8.78 Å². The van der Waals surface area contributed by atoms with Gasteiger partial charge in [-0.3, -0.25) is 5.43 Å². The van der Waals surface area contributed by atoms with Crippen LogP contribution in [0.2, 0.25) is 0 Å². The van der Waals surface area contributed by atoms with Gasteiger partial charge in [0.05, 0.1) is 6.21 Å². The highest BCUT2D eigenvalue weighted by molar-refractivity contribution is 7.80. The van der Waals surface area contributed by atoms with E-state index in [1.165, 1.54) is 6.07 Å². The molecule has 3 nitrogen and oxygen atoms in total. The maximum Gasteiger partial charge on any atom is 0.184 e. The fraction of sp³-hybridized carbons (Fsp3) is 0.111. The van der Waals surface area contributed by atoms with Gasteiger partial charge in [-0.2, -0.15) is 5.10 Å². The van der Waals surface area contributed by atoms with Crippen molar-refractivity contribution in [2.45, 2.75) is 6.92 Å². The third kappa shape index (κ3) is 3.25. The summed E-state index contributed by atoms with van der Waals surface area (Å²) >= 11 is 4.48. The molecule has 0 saturated carbocycles. The molecule has 1 rings (SSSR count). The molecule has 6 heteroatoms. The maximum absolute atomic E-state index is 13.1. The molecule has 0 atom stereocenters. The molecule has 3 N–H and O–H groups in total. The van der Waals surface area contributed by atoms with Gasteiger partial charge in [0, 0.05) is 5.56 Å². The summed E-state index contributed by atoms with van der Waals surface area (Å²) in [5.41, 5.74) is 7.98. The molecule has 80 valence electrons. The molecule has 0 aliphatic rings. The first-order chi connectivity index (χ1) is 7.00. The van der Waals surface area contributed by atoms with E-state index in [-0.39, 0.29) is 10.7 Å². The zero-order valence-corrected chi connectivity index (χ0v) is 8.74. The normalized spacial score (nSPS) is 10.6. The fourth-order valence-electron chi connectivity index (χ4n) is 1.01. The van der Waals surface area contributed by atoms with Gasteiger partial charge in [-0.25, -0.2) is 8.78 Å². The molecule has 0 fully saturated rings. The van der Waals surface area contributed by atoms with Crippen molar-refractivity contribution in [1.82, 2.24) is 5.43 Å². The summed E-state index contributed by atoms with van der Waals surface area (Å²) in [7, 11) is 0. The van der Waals surface area contributed by atoms with E-state index >= 15 is 0 Å². The molecule has 0 amide bonds. The predicted octanol–water partition coefficient (Wildman–Crippen LogP) is 1.44. The monoisotopic (exact) mass is 229 g/mol. The van der Waals surface area contributed by atoms with Crippen LogP contribution >= 0.6 is 12.2 Å². The van der Waals surface area contributed by atoms with Crippen molar-refractivity contribution in [3.05, 3.63) is 34.9 Å². The highest BCUT2D eigenvalue weighted by Crippen LogP contribution is 2.12. The van der Waals surface area contributed by atoms with Gasteiger partial charge in [-0.05, 0) is 36.8 Å². The lowest BCUT2D eigenvalue weighted by molar-refractivity contribution is 0.506. The van der Waals surface area contributed by atoms with Crippen LogP contribution in [0.15, 0.2) is 17.2 Å². The molecule has 0 spiro atoms. The summed E-state index contributed by atoms with van der Waals surface area (Å²) in [6.07, 6.45) is 1.12. The Morgan fingerprint density at radius 3 is 2.80 bits per heavy atom. The Labute approximate surface area is 91.0 Å². The van der Waals surface area contributed by atoms with E-state index < -0.39 is 11.6 Å². The Bertz CT molecular complexity index is 418. The maximum atomic E-state index is 13.1. The lowest BCUT2D eigenvalue weighted by Gasteiger charge is -2.00. The van der Waals surface area contributed by atoms with Gasteiger partial charge < -0.3 is 5.73 Å². The molecular weight excluding hydrogens is 220 g/mol. The predicted molar refractivity (Wildman–Crippen MR) is 58.6 cm³/mol. The highest BCUT2D eigenvalue weighted by Gasteiger charge is 2.07. The topological polar surface area (TPSA) is 50.4 Å². The van der Waals surface area contributed by atoms with E-state index in [1.54, 1.807) is 6.92 Å². The van der Waals surface area contributed by atoms with Crippen LogP contribution in [0.3, 0.4) is 0 Å². The number of aryl methyl sites for hydroxylation is 1. The summed E-state index contributed by atoms with van der Waals surface area (Å²) in [6, 6.07) is 2.57. The van der Waals surface area contributed by atoms with E-state index in [1.807, 2.05) is 0 Å². The van der Waals surface area contributed by atoms with Gasteiger partial charge in [0.15, 0.2) is 16.7 Å². The number of benzene rings is 1. The zero-order chi connectivity index (χ0) is 11.4. The van der Waals surface area contributed by atoms with Crippen LogP contribution in [0.5, 0.6) is 0 Å². The minimum Gasteiger partial charge on any atom is -0.375 e. The lowest BCUT2D eigenvalue weighted by atomic mass is 10.1. The molecule has 0 saturated heterocycles. The molecule has 0 aliphatic carbocycles. The van der Waals surface area contributed by atoms with Gasteiger partial charge >= 0.3 is 0 Å². The van der Waals surface area contributed by atoms with Crippen molar-refractivity contribution in [2.24, 2.45) is 10.8 Å². The number of hydrazone groups is 1. The summed E-state index contributed by atoms with van der Waals surface area (Å²) < 4.78 is 26.1. The fourth-order valence-corrected chi connectivity index (χ4v) is 1.06. The number of nitrogens with one attached hydrogen (secondary N) is 1. The van der Waals surface area contributed by atoms with Crippen LogP contribution in [0, 0.1) is 18.6 Å². The standard InChI is InChI=1S/C9H9F2N3S/c1-5-2-6(4-13-14-9(12)15)8(11)7(10)3-5/h2-4H,1H3,(H3,12,14,15). The highest BCUT2D eigenvalue weighted by atomic mass is 32.1. The van der Waals surface area contributed by atoms with Crippen LogP contribution in [-0.4, -0.2) is 11.3 Å². The number of thiocarbonyl (C=S) groups is 1. The van der Waals surface area contributed by atoms with Crippen molar-refractivity contribution in [3.8, 4) is 0 Å². The lowest BCUT2D eigenvalue weighted by Crippen LogP contribution is -2.24. The quantitative estimate of drug-likeness (QED) is 0.458. The summed E-state index contributed by atoms with van der Waals surface area (Å²) in [5, 5.41) is 3.49. The average Bonchev–Trinajstić information content (AvgIpc) is 2.12. The molecule has 0 heterocycles. The second-order valence-corrected chi connectivity index (χ2v) is 3.32. The summed E-state index contributed by atoms with van der Waals surface area (Å²) in [4.78, 5) is 0. The number of hydrogen-bond donors (Lipinski definition) is 2. The average molecular weight is 229 g/mol. The molecule has 0 aromatic heterocycles. The van der Waals surface area contributed by atoms with Crippen molar-refractivity contribution in [3.63, 3.8) is 0 Å². The Morgan fingerprint density at radius 1 is 1.53 bits per heavy atom. The van der Waals surface area contributed by atoms with Crippen LogP contribution in [0.1, 0.15) is 11.1 Å². The minimum atomic E-state index is -0.950. The molecular formula is C9H9F2N3S. The number of hydrogen-bond acceptors (Lipinski definition) is 2. The van der Waals surface area contributed by atoms with Crippen LogP contribution in [0.4, 0.5) is 8.78 Å². The smallest absolute Gasteiger partial charge is 0.184 e. The summed E-state index contributed by atoms with van der Waals surface area (Å²) in [6.45, 7) is 1.65. The number of halogens is 2. The van der Waals surface area contributed by atoms with Crippen molar-refractivity contribution in [2.75, 3.05) is 0 Å². The van der Waals surface area contributed by atoms with Crippen LogP contribution in [-0.2, 0) is 0 Å². The molecule has 0 radical (unpaired) electrons. The van der Waals surface area contributed by atoms with Gasteiger partial charge in [0.1, 0.15) is 0 Å². The largest absolute Gasteiger partial charge is 0.375 e. The molecule has 15 heavy (non-hydrogen) atoms. The van der Waals surface area contributed by atoms with E-state index in [2.05, 4.69) is 22.7 Å². The Kier molecular flexibility index (Phi) is 3.68. The summed E-state index contributed by atoms with van der Waals surface area (Å²) in [5.74, 6) is -1.86. The second-order valence-electron chi connectivity index (χ2n) is 2.88. The van der Waals surface area contributed by atoms with Crippen LogP contribution < -0.4 is 11.2 Å². The Morgan fingerprint density at radius 2 is 2.20 bits per heavy atom. The number of nitrogens with zero attached hydrogens (tertiary/aromatic N) is 1. The SMILES string of the molecule is Cc1cc(F)c(F)c(C=NNC(N)=S)c1. The van der Waals surface area contributed by atoms with E-state index in [0.29, 0.717) is 5.56 Å². The molecule has 0 unspecified atom stereocenters. The van der Waals surface area contributed by atoms with Gasteiger partial charge in [0.2, 0.25) is 0 Å². The van der Waals surface area contributed by atoms with Gasteiger partial charge in [-0.15, -0.1) is 0 Å². The first-order valence-corrected chi connectivity index (χ1v) is 4.45. The number of nitrogens with two attached hydrogens (primary N) is 1. The second kappa shape index (κ2) is 4.79. The minimum absolute atomic E-state index is 0.0382. The van der Waals surface area contributed by atoms with Crippen molar-refractivity contribution < 1.29 is 8.78 Å². The van der Waals surface area contributed by atoms with Crippen LogP contribution in [0.25, 0.3) is 0 Å². The molecule has 0 bridgehead atoms. The van der Waals surface area contributed by atoms with Crippen molar-refractivity contribution >= 4 is 23.5 Å². The molecule has 0 aliphatic heterocycles. The Hall–Kier alpha value is -1.56. The van der Waals surface area contributed by atoms with Crippen molar-refractivity contribution in [1.29, 1.82) is 0 Å². The van der Waals surface area contributed by atoms with E-state index in [0.717, 1.165) is 12.3 Å². The Balaban J connectivity index is 2.94. The zero-order valence-electron chi connectivity index (χ0n) is 7.92. The van der Waals surface area contributed by atoms with Gasteiger partial charge in [0.25, 0.3) is 0 Å². The first kappa shape index (κ1) is 11.5. The van der Waals surface area contributed by atoms with Gasteiger partial charge in [-0.1, -0.05) is 0 Å². The molecule has 1 aromatic carbocycles. The third-order valence-corrected chi connectivity index (χ3v) is 1.67. The number of rotatable bonds is 2. The third-order valence-electron chi connectivity index (χ3n) is 1.58. The van der Waals surface area contributed by atoms with E-state index in [4.69, 9.17) is 5.73 Å². The molecule has 1 aromatic rings.